The molecule has 0 atom stereocenters. The molecule has 0 spiro atoms. The molecule has 5 rings (SSSR count). The summed E-state index contributed by atoms with van der Waals surface area (Å²) in [6, 6.07) is 6.90. The quantitative estimate of drug-likeness (QED) is 0.836. The summed E-state index contributed by atoms with van der Waals surface area (Å²) in [6.07, 6.45) is 7.93. The highest BCUT2D eigenvalue weighted by molar-refractivity contribution is 5.38. The minimum Gasteiger partial charge on any atom is -0.354 e. The smallest absolute Gasteiger partial charge is 0.128 e. The molecule has 0 aromatic carbocycles. The molecule has 2 aromatic rings. The Labute approximate surface area is 155 Å². The van der Waals surface area contributed by atoms with Crippen molar-refractivity contribution >= 4 is 5.82 Å². The highest BCUT2D eigenvalue weighted by Gasteiger charge is 2.34. The molecule has 3 aliphatic heterocycles. The van der Waals surface area contributed by atoms with Crippen molar-refractivity contribution < 1.29 is 0 Å². The van der Waals surface area contributed by atoms with Crippen molar-refractivity contribution in [3.8, 4) is 0 Å². The fraction of sp³-hybridized carbons (Fsp3) is 0.600. The van der Waals surface area contributed by atoms with Crippen LogP contribution in [0.15, 0.2) is 30.6 Å². The third-order valence-electron chi connectivity index (χ3n) is 6.09. The Morgan fingerprint density at radius 2 is 1.88 bits per heavy atom. The molecule has 0 saturated carbocycles. The van der Waals surface area contributed by atoms with E-state index in [4.69, 9.17) is 4.98 Å². The van der Waals surface area contributed by atoms with E-state index in [-0.39, 0.29) is 0 Å². The van der Waals surface area contributed by atoms with Crippen LogP contribution >= 0.6 is 0 Å². The number of piperazine rings is 1. The van der Waals surface area contributed by atoms with Gasteiger partial charge >= 0.3 is 0 Å². The zero-order valence-electron chi connectivity index (χ0n) is 15.4. The number of hydrogen-bond acceptors (Lipinski definition) is 5. The Hall–Kier alpha value is -1.92. The summed E-state index contributed by atoms with van der Waals surface area (Å²) in [6.45, 7) is 9.01. The Bertz CT molecular complexity index is 705. The van der Waals surface area contributed by atoms with Gasteiger partial charge in [0.2, 0.25) is 0 Å². The Morgan fingerprint density at radius 3 is 2.65 bits per heavy atom. The monoisotopic (exact) mass is 352 g/mol. The van der Waals surface area contributed by atoms with Crippen LogP contribution in [0.1, 0.15) is 24.4 Å². The van der Waals surface area contributed by atoms with E-state index in [2.05, 4.69) is 42.6 Å². The first-order valence-corrected chi connectivity index (χ1v) is 10.0. The lowest BCUT2D eigenvalue weighted by Gasteiger charge is -2.48. The number of hydrogen-bond donors (Lipinski definition) is 0. The van der Waals surface area contributed by atoms with Crippen LogP contribution in [-0.4, -0.2) is 69.6 Å². The number of likely N-dealkylation sites (tertiary alicyclic amines) is 1. The predicted octanol–water partition coefficient (Wildman–Crippen LogP) is 1.62. The van der Waals surface area contributed by atoms with Gasteiger partial charge in [-0.2, -0.15) is 0 Å². The molecule has 0 unspecified atom stereocenters. The highest BCUT2D eigenvalue weighted by atomic mass is 15.4. The van der Waals surface area contributed by atoms with Crippen molar-refractivity contribution in [3.05, 3.63) is 42.1 Å². The normalized spacial score (nSPS) is 22.2. The van der Waals surface area contributed by atoms with E-state index in [9.17, 15) is 0 Å². The Kier molecular flexibility index (Phi) is 4.38. The standard InChI is InChI=1S/C20H28N6/c1-3-7-21-19(5-1)25-11-9-24(10-12-25)18-15-23(16-18)13-17-14-26-8-4-2-6-20(26)22-17/h1,3,5,7,14,18H,2,4,6,8-13,15-16H2. The van der Waals surface area contributed by atoms with Gasteiger partial charge in [0.15, 0.2) is 0 Å². The Morgan fingerprint density at radius 1 is 1.00 bits per heavy atom. The SMILES string of the molecule is c1ccc(N2CCN(C3CN(Cc4cn5c(n4)CCCC5)C3)CC2)nc1. The van der Waals surface area contributed by atoms with Crippen molar-refractivity contribution in [3.63, 3.8) is 0 Å². The van der Waals surface area contributed by atoms with Crippen LogP contribution in [0, 0.1) is 0 Å². The number of nitrogens with zero attached hydrogens (tertiary/aromatic N) is 6. The minimum atomic E-state index is 0.720. The molecule has 3 aliphatic rings. The summed E-state index contributed by atoms with van der Waals surface area (Å²) < 4.78 is 2.37. The summed E-state index contributed by atoms with van der Waals surface area (Å²) >= 11 is 0. The summed E-state index contributed by atoms with van der Waals surface area (Å²) in [5.74, 6) is 2.42. The molecule has 2 fully saturated rings. The third-order valence-corrected chi connectivity index (χ3v) is 6.09. The largest absolute Gasteiger partial charge is 0.354 e. The fourth-order valence-electron chi connectivity index (χ4n) is 4.54. The number of rotatable bonds is 4. The number of aromatic nitrogens is 3. The lowest BCUT2D eigenvalue weighted by atomic mass is 10.1. The summed E-state index contributed by atoms with van der Waals surface area (Å²) in [7, 11) is 0. The highest BCUT2D eigenvalue weighted by Crippen LogP contribution is 2.22. The lowest BCUT2D eigenvalue weighted by molar-refractivity contribution is 0.0248. The lowest BCUT2D eigenvalue weighted by Crippen LogP contribution is -2.62. The van der Waals surface area contributed by atoms with Gasteiger partial charge in [-0.15, -0.1) is 0 Å². The van der Waals surface area contributed by atoms with Crippen LogP contribution in [0.25, 0.3) is 0 Å². The van der Waals surface area contributed by atoms with Crippen molar-refractivity contribution in [2.45, 2.75) is 38.4 Å². The van der Waals surface area contributed by atoms with Crippen LogP contribution in [0.4, 0.5) is 5.82 Å². The maximum absolute atomic E-state index is 4.85. The summed E-state index contributed by atoms with van der Waals surface area (Å²) in [5.41, 5.74) is 1.26. The fourth-order valence-corrected chi connectivity index (χ4v) is 4.54. The summed E-state index contributed by atoms with van der Waals surface area (Å²) in [5, 5.41) is 0. The Balaban J connectivity index is 1.09. The van der Waals surface area contributed by atoms with Crippen molar-refractivity contribution in [2.24, 2.45) is 0 Å². The van der Waals surface area contributed by atoms with E-state index in [0.29, 0.717) is 0 Å². The van der Waals surface area contributed by atoms with Gasteiger partial charge in [-0.25, -0.2) is 9.97 Å². The zero-order valence-corrected chi connectivity index (χ0v) is 15.4. The van der Waals surface area contributed by atoms with Gasteiger partial charge in [0.25, 0.3) is 0 Å². The van der Waals surface area contributed by atoms with Crippen molar-refractivity contribution in [2.75, 3.05) is 44.2 Å². The minimum absolute atomic E-state index is 0.720. The van der Waals surface area contributed by atoms with Crippen LogP contribution in [0.3, 0.4) is 0 Å². The summed E-state index contributed by atoms with van der Waals surface area (Å²) in [4.78, 5) is 16.9. The number of imidazole rings is 1. The molecule has 26 heavy (non-hydrogen) atoms. The zero-order chi connectivity index (χ0) is 17.3. The van der Waals surface area contributed by atoms with Crippen LogP contribution in [-0.2, 0) is 19.5 Å². The number of fused-ring (bicyclic) bond motifs is 1. The van der Waals surface area contributed by atoms with Gasteiger partial charge in [-0.3, -0.25) is 9.80 Å². The molecule has 6 heteroatoms. The molecule has 0 radical (unpaired) electrons. The van der Waals surface area contributed by atoms with Crippen molar-refractivity contribution in [1.82, 2.24) is 24.3 Å². The number of pyridine rings is 1. The van der Waals surface area contributed by atoms with Crippen LogP contribution in [0.2, 0.25) is 0 Å². The molecule has 0 aliphatic carbocycles. The first-order chi connectivity index (χ1) is 12.8. The van der Waals surface area contributed by atoms with E-state index < -0.39 is 0 Å². The number of aryl methyl sites for hydroxylation is 2. The van der Waals surface area contributed by atoms with E-state index in [1.165, 1.54) is 37.4 Å². The molecular formula is C20H28N6. The maximum Gasteiger partial charge on any atom is 0.128 e. The molecule has 2 saturated heterocycles. The number of anilines is 1. The second-order valence-electron chi connectivity index (χ2n) is 7.86. The van der Waals surface area contributed by atoms with Gasteiger partial charge in [0.1, 0.15) is 11.6 Å². The first kappa shape index (κ1) is 16.3. The average Bonchev–Trinajstić information content (AvgIpc) is 3.08. The van der Waals surface area contributed by atoms with Gasteiger partial charge in [0.05, 0.1) is 5.69 Å². The second kappa shape index (κ2) is 7.00. The topological polar surface area (TPSA) is 40.4 Å². The molecule has 6 nitrogen and oxygen atoms in total. The van der Waals surface area contributed by atoms with Crippen LogP contribution < -0.4 is 4.90 Å². The van der Waals surface area contributed by atoms with Gasteiger partial charge in [-0.1, -0.05) is 6.07 Å². The van der Waals surface area contributed by atoms with Crippen molar-refractivity contribution in [1.29, 1.82) is 0 Å². The molecule has 0 N–H and O–H groups in total. The molecule has 0 bridgehead atoms. The van der Waals surface area contributed by atoms with Gasteiger partial charge in [-0.05, 0) is 25.0 Å². The molecule has 0 amide bonds. The average molecular weight is 352 g/mol. The van der Waals surface area contributed by atoms with E-state index in [1.807, 2.05) is 12.3 Å². The maximum atomic E-state index is 4.85. The first-order valence-electron chi connectivity index (χ1n) is 10.0. The van der Waals surface area contributed by atoms with E-state index >= 15 is 0 Å². The molecule has 138 valence electrons. The third kappa shape index (κ3) is 3.23. The van der Waals surface area contributed by atoms with Crippen LogP contribution in [0.5, 0.6) is 0 Å². The van der Waals surface area contributed by atoms with E-state index in [0.717, 1.165) is 57.5 Å². The van der Waals surface area contributed by atoms with Gasteiger partial charge < -0.3 is 9.47 Å². The molecular weight excluding hydrogens is 324 g/mol. The molecule has 2 aromatic heterocycles. The molecule has 5 heterocycles. The second-order valence-corrected chi connectivity index (χ2v) is 7.86. The predicted molar refractivity (Wildman–Crippen MR) is 102 cm³/mol. The van der Waals surface area contributed by atoms with Gasteiger partial charge in [0, 0.05) is 77.2 Å². The van der Waals surface area contributed by atoms with E-state index in [1.54, 1.807) is 0 Å².